The zero-order chi connectivity index (χ0) is 19.9. The molecule has 1 amide bonds. The van der Waals surface area contributed by atoms with Gasteiger partial charge in [0.1, 0.15) is 5.82 Å². The second kappa shape index (κ2) is 9.43. The lowest BCUT2D eigenvalue weighted by Gasteiger charge is -2.17. The van der Waals surface area contributed by atoms with Crippen LogP contribution in [0.4, 0.5) is 4.39 Å². The van der Waals surface area contributed by atoms with Crippen LogP contribution in [0.3, 0.4) is 0 Å². The van der Waals surface area contributed by atoms with E-state index in [2.05, 4.69) is 15.5 Å². The second-order valence-corrected chi connectivity index (χ2v) is 6.65. The van der Waals surface area contributed by atoms with Crippen molar-refractivity contribution in [3.63, 3.8) is 0 Å². The van der Waals surface area contributed by atoms with E-state index in [-0.39, 0.29) is 18.3 Å². The highest BCUT2D eigenvalue weighted by Gasteiger charge is 2.14. The average molecular weight is 403 g/mol. The summed E-state index contributed by atoms with van der Waals surface area (Å²) in [7, 11) is 0. The number of hydrogen-bond donors (Lipinski definition) is 1. The number of halogens is 2. The Morgan fingerprint density at radius 3 is 2.54 bits per heavy atom. The molecule has 8 heteroatoms. The summed E-state index contributed by atoms with van der Waals surface area (Å²) >= 11 is 5.88. The summed E-state index contributed by atoms with van der Waals surface area (Å²) in [6, 6.07) is 13.1. The maximum Gasteiger partial charge on any atom is 0.247 e. The highest BCUT2D eigenvalue weighted by atomic mass is 35.5. The van der Waals surface area contributed by atoms with E-state index in [4.69, 9.17) is 16.0 Å². The third-order valence-electron chi connectivity index (χ3n) is 4.13. The van der Waals surface area contributed by atoms with Gasteiger partial charge in [-0.3, -0.25) is 9.69 Å². The van der Waals surface area contributed by atoms with Crippen molar-refractivity contribution in [3.8, 4) is 11.5 Å². The van der Waals surface area contributed by atoms with Crippen molar-refractivity contribution in [3.05, 3.63) is 70.8 Å². The minimum Gasteiger partial charge on any atom is -0.419 e. The third kappa shape index (κ3) is 5.61. The van der Waals surface area contributed by atoms with E-state index in [1.807, 2.05) is 11.8 Å². The molecule has 3 aromatic rings. The molecular formula is C20H20ClFN4O2. The van der Waals surface area contributed by atoms with Gasteiger partial charge >= 0.3 is 0 Å². The molecule has 0 saturated heterocycles. The quantitative estimate of drug-likeness (QED) is 0.622. The van der Waals surface area contributed by atoms with E-state index >= 15 is 0 Å². The normalized spacial score (nSPS) is 11.0. The Bertz CT molecular complexity index is 913. The number of carbonyl (C=O) groups excluding carboxylic acids is 1. The number of benzene rings is 2. The van der Waals surface area contributed by atoms with Gasteiger partial charge in [-0.15, -0.1) is 10.2 Å². The van der Waals surface area contributed by atoms with Gasteiger partial charge in [-0.1, -0.05) is 30.7 Å². The summed E-state index contributed by atoms with van der Waals surface area (Å²) in [5.41, 5.74) is 1.62. The lowest BCUT2D eigenvalue weighted by molar-refractivity contribution is -0.122. The van der Waals surface area contributed by atoms with Gasteiger partial charge in [0, 0.05) is 17.1 Å². The molecule has 0 unspecified atom stereocenters. The largest absolute Gasteiger partial charge is 0.419 e. The van der Waals surface area contributed by atoms with Crippen molar-refractivity contribution in [2.24, 2.45) is 0 Å². The van der Waals surface area contributed by atoms with E-state index in [1.54, 1.807) is 36.4 Å². The lowest BCUT2D eigenvalue weighted by Crippen LogP contribution is -2.36. The number of nitrogens with one attached hydrogen (secondary N) is 1. The number of amides is 1. The van der Waals surface area contributed by atoms with Crippen LogP contribution in [0.2, 0.25) is 5.02 Å². The van der Waals surface area contributed by atoms with Crippen molar-refractivity contribution in [2.45, 2.75) is 20.0 Å². The smallest absolute Gasteiger partial charge is 0.247 e. The maximum atomic E-state index is 12.9. The summed E-state index contributed by atoms with van der Waals surface area (Å²) in [6.45, 7) is 3.49. The van der Waals surface area contributed by atoms with Crippen LogP contribution in [-0.4, -0.2) is 34.1 Å². The summed E-state index contributed by atoms with van der Waals surface area (Å²) in [5.74, 6) is 0.398. The van der Waals surface area contributed by atoms with Crippen LogP contribution in [0, 0.1) is 5.82 Å². The van der Waals surface area contributed by atoms with Gasteiger partial charge in [0.05, 0.1) is 13.1 Å². The predicted molar refractivity (Wildman–Crippen MR) is 104 cm³/mol. The number of hydrogen-bond acceptors (Lipinski definition) is 5. The first-order valence-electron chi connectivity index (χ1n) is 8.85. The van der Waals surface area contributed by atoms with E-state index in [0.29, 0.717) is 36.4 Å². The average Bonchev–Trinajstić information content (AvgIpc) is 3.16. The molecule has 2 aromatic carbocycles. The molecule has 0 saturated carbocycles. The minimum absolute atomic E-state index is 0.136. The predicted octanol–water partition coefficient (Wildman–Crippen LogP) is 3.67. The van der Waals surface area contributed by atoms with Gasteiger partial charge in [-0.2, -0.15) is 0 Å². The number of aromatic nitrogens is 2. The first-order valence-corrected chi connectivity index (χ1v) is 9.23. The van der Waals surface area contributed by atoms with Gasteiger partial charge < -0.3 is 9.73 Å². The molecule has 146 valence electrons. The molecule has 0 spiro atoms. The molecule has 1 aromatic heterocycles. The van der Waals surface area contributed by atoms with Gasteiger partial charge in [0.15, 0.2) is 0 Å². The van der Waals surface area contributed by atoms with E-state index in [0.717, 1.165) is 11.1 Å². The van der Waals surface area contributed by atoms with Crippen LogP contribution in [0.1, 0.15) is 18.4 Å². The van der Waals surface area contributed by atoms with Crippen molar-refractivity contribution >= 4 is 17.5 Å². The maximum absolute atomic E-state index is 12.9. The number of carbonyl (C=O) groups is 1. The highest BCUT2D eigenvalue weighted by Crippen LogP contribution is 2.20. The number of nitrogens with zero attached hydrogens (tertiary/aromatic N) is 3. The molecule has 1 N–H and O–H groups in total. The minimum atomic E-state index is -0.301. The molecule has 3 rings (SSSR count). The SMILES string of the molecule is CCN(CC(=O)NCc1ccc(F)cc1)Cc1nnc(-c2ccc(Cl)cc2)o1. The van der Waals surface area contributed by atoms with Crippen molar-refractivity contribution in [1.82, 2.24) is 20.4 Å². The Labute approximate surface area is 167 Å². The fourth-order valence-electron chi connectivity index (χ4n) is 2.56. The lowest BCUT2D eigenvalue weighted by atomic mass is 10.2. The molecule has 0 aliphatic rings. The fourth-order valence-corrected chi connectivity index (χ4v) is 2.69. The van der Waals surface area contributed by atoms with Crippen molar-refractivity contribution < 1.29 is 13.6 Å². The molecule has 0 atom stereocenters. The summed E-state index contributed by atoms with van der Waals surface area (Å²) < 4.78 is 18.6. The first kappa shape index (κ1) is 20.0. The van der Waals surface area contributed by atoms with Gasteiger partial charge in [0.25, 0.3) is 0 Å². The standard InChI is InChI=1S/C20H20ClFN4O2/c1-2-26(12-18(27)23-11-14-3-9-17(22)10-4-14)13-19-24-25-20(28-19)15-5-7-16(21)8-6-15/h3-10H,2,11-13H2,1H3,(H,23,27). The highest BCUT2D eigenvalue weighted by molar-refractivity contribution is 6.30. The number of rotatable bonds is 8. The summed E-state index contributed by atoms with van der Waals surface area (Å²) in [6.07, 6.45) is 0. The van der Waals surface area contributed by atoms with Crippen LogP contribution < -0.4 is 5.32 Å². The molecule has 28 heavy (non-hydrogen) atoms. The summed E-state index contributed by atoms with van der Waals surface area (Å²) in [5, 5.41) is 11.6. The van der Waals surface area contributed by atoms with Gasteiger partial charge in [-0.25, -0.2) is 4.39 Å². The molecule has 0 radical (unpaired) electrons. The molecule has 0 aliphatic heterocycles. The van der Waals surface area contributed by atoms with Crippen molar-refractivity contribution in [2.75, 3.05) is 13.1 Å². The Morgan fingerprint density at radius 1 is 1.14 bits per heavy atom. The Kier molecular flexibility index (Phi) is 6.73. The zero-order valence-electron chi connectivity index (χ0n) is 15.4. The van der Waals surface area contributed by atoms with Gasteiger partial charge in [-0.05, 0) is 48.5 Å². The van der Waals surface area contributed by atoms with E-state index in [9.17, 15) is 9.18 Å². The molecule has 1 heterocycles. The van der Waals surface area contributed by atoms with Crippen molar-refractivity contribution in [1.29, 1.82) is 0 Å². The van der Waals surface area contributed by atoms with Crippen LogP contribution in [0.25, 0.3) is 11.5 Å². The molecular weight excluding hydrogens is 383 g/mol. The van der Waals surface area contributed by atoms with E-state index < -0.39 is 0 Å². The monoisotopic (exact) mass is 402 g/mol. The second-order valence-electron chi connectivity index (χ2n) is 6.21. The Hall–Kier alpha value is -2.77. The third-order valence-corrected chi connectivity index (χ3v) is 4.39. The summed E-state index contributed by atoms with van der Waals surface area (Å²) in [4.78, 5) is 14.1. The number of likely N-dealkylation sites (N-methyl/N-ethyl adjacent to an activating group) is 1. The molecule has 6 nitrogen and oxygen atoms in total. The Morgan fingerprint density at radius 2 is 1.86 bits per heavy atom. The van der Waals surface area contributed by atoms with Gasteiger partial charge in [0.2, 0.25) is 17.7 Å². The fraction of sp³-hybridized carbons (Fsp3) is 0.250. The van der Waals surface area contributed by atoms with Crippen LogP contribution in [0.5, 0.6) is 0 Å². The first-order chi connectivity index (χ1) is 13.5. The molecule has 0 fully saturated rings. The van der Waals surface area contributed by atoms with Crippen LogP contribution >= 0.6 is 11.6 Å². The molecule has 0 bridgehead atoms. The zero-order valence-corrected chi connectivity index (χ0v) is 16.1. The van der Waals surface area contributed by atoms with Crippen LogP contribution in [0.15, 0.2) is 52.9 Å². The topological polar surface area (TPSA) is 71.3 Å². The van der Waals surface area contributed by atoms with E-state index in [1.165, 1.54) is 12.1 Å². The molecule has 0 aliphatic carbocycles. The Balaban J connectivity index is 1.53. The van der Waals surface area contributed by atoms with Crippen LogP contribution in [-0.2, 0) is 17.9 Å².